The van der Waals surface area contributed by atoms with E-state index in [4.69, 9.17) is 0 Å². The fraction of sp³-hybridized carbons (Fsp3) is 0.588. The molecule has 0 saturated carbocycles. The van der Waals surface area contributed by atoms with Crippen LogP contribution in [0.15, 0.2) is 17.5 Å². The molecule has 2 aliphatic heterocycles. The van der Waals surface area contributed by atoms with Gasteiger partial charge in [0.1, 0.15) is 0 Å². The maximum Gasteiger partial charge on any atom is 0.229 e. The van der Waals surface area contributed by atoms with Gasteiger partial charge in [0.25, 0.3) is 0 Å². The third-order valence-corrected chi connectivity index (χ3v) is 7.61. The molecule has 10 heteroatoms. The van der Waals surface area contributed by atoms with Crippen molar-refractivity contribution in [2.24, 2.45) is 0 Å². The number of Topliss-reactive ketones (excluding diaryl/α,β-unsaturated/α-hetero) is 1. The molecular formula is C17H23N3O5S2. The first-order chi connectivity index (χ1) is 12.9. The number of ketones is 1. The van der Waals surface area contributed by atoms with Crippen LogP contribution >= 0.6 is 11.3 Å². The highest BCUT2D eigenvalue weighted by Crippen LogP contribution is 2.15. The summed E-state index contributed by atoms with van der Waals surface area (Å²) in [7, 11) is -3.55. The second-order valence-electron chi connectivity index (χ2n) is 6.68. The van der Waals surface area contributed by atoms with E-state index in [1.807, 2.05) is 16.3 Å². The molecular weight excluding hydrogens is 390 g/mol. The van der Waals surface area contributed by atoms with Crippen molar-refractivity contribution in [1.82, 2.24) is 14.1 Å². The van der Waals surface area contributed by atoms with Crippen molar-refractivity contribution in [3.63, 3.8) is 0 Å². The molecule has 3 heterocycles. The maximum atomic E-state index is 12.6. The van der Waals surface area contributed by atoms with Crippen LogP contribution in [-0.4, -0.2) is 85.1 Å². The van der Waals surface area contributed by atoms with E-state index in [0.29, 0.717) is 50.3 Å². The van der Waals surface area contributed by atoms with E-state index in [9.17, 15) is 22.8 Å². The van der Waals surface area contributed by atoms with Crippen molar-refractivity contribution in [1.29, 1.82) is 0 Å². The van der Waals surface area contributed by atoms with Crippen LogP contribution in [0.25, 0.3) is 0 Å². The highest BCUT2D eigenvalue weighted by molar-refractivity contribution is 7.89. The number of imide groups is 1. The quantitative estimate of drug-likeness (QED) is 0.475. The SMILES string of the molecule is O=C(CN1CCN(S(=O)(=O)CCN2C(=O)CCCC2=O)CC1)c1cccs1. The second kappa shape index (κ2) is 8.59. The number of thiophene rings is 1. The van der Waals surface area contributed by atoms with Crippen LogP contribution < -0.4 is 0 Å². The van der Waals surface area contributed by atoms with Gasteiger partial charge in [-0.05, 0) is 17.9 Å². The molecule has 2 aliphatic rings. The normalized spacial score (nSPS) is 20.2. The smallest absolute Gasteiger partial charge is 0.229 e. The van der Waals surface area contributed by atoms with E-state index < -0.39 is 10.0 Å². The number of rotatable bonds is 7. The first-order valence-electron chi connectivity index (χ1n) is 8.97. The van der Waals surface area contributed by atoms with E-state index in [1.165, 1.54) is 15.6 Å². The second-order valence-corrected chi connectivity index (χ2v) is 9.72. The lowest BCUT2D eigenvalue weighted by molar-refractivity contribution is -0.147. The minimum absolute atomic E-state index is 0.0448. The summed E-state index contributed by atoms with van der Waals surface area (Å²) in [6, 6.07) is 3.62. The molecule has 0 spiro atoms. The Labute approximate surface area is 162 Å². The first kappa shape index (κ1) is 20.1. The van der Waals surface area contributed by atoms with Gasteiger partial charge in [-0.2, -0.15) is 4.31 Å². The summed E-state index contributed by atoms with van der Waals surface area (Å²) < 4.78 is 26.5. The van der Waals surface area contributed by atoms with Gasteiger partial charge >= 0.3 is 0 Å². The molecule has 8 nitrogen and oxygen atoms in total. The van der Waals surface area contributed by atoms with Gasteiger partial charge in [0.2, 0.25) is 21.8 Å². The number of likely N-dealkylation sites (tertiary alicyclic amines) is 1. The summed E-state index contributed by atoms with van der Waals surface area (Å²) >= 11 is 1.40. The molecule has 2 amide bonds. The van der Waals surface area contributed by atoms with Crippen LogP contribution in [0.1, 0.15) is 28.9 Å². The van der Waals surface area contributed by atoms with Crippen LogP contribution in [-0.2, 0) is 19.6 Å². The summed E-state index contributed by atoms with van der Waals surface area (Å²) in [6.07, 6.45) is 1.12. The van der Waals surface area contributed by atoms with Gasteiger partial charge in [-0.25, -0.2) is 8.42 Å². The molecule has 27 heavy (non-hydrogen) atoms. The molecule has 2 fully saturated rings. The van der Waals surface area contributed by atoms with Crippen molar-refractivity contribution in [2.45, 2.75) is 19.3 Å². The molecule has 0 radical (unpaired) electrons. The molecule has 3 rings (SSSR count). The van der Waals surface area contributed by atoms with E-state index in [2.05, 4.69) is 0 Å². The minimum atomic E-state index is -3.55. The largest absolute Gasteiger partial charge is 0.293 e. The van der Waals surface area contributed by atoms with Gasteiger partial charge in [-0.15, -0.1) is 11.3 Å². The van der Waals surface area contributed by atoms with Crippen molar-refractivity contribution >= 4 is 39.0 Å². The Hall–Kier alpha value is -1.62. The van der Waals surface area contributed by atoms with E-state index in [1.54, 1.807) is 6.07 Å². The molecule has 0 aliphatic carbocycles. The number of piperazine rings is 1. The monoisotopic (exact) mass is 413 g/mol. The summed E-state index contributed by atoms with van der Waals surface area (Å²) in [6.45, 7) is 1.78. The van der Waals surface area contributed by atoms with Crippen molar-refractivity contribution in [2.75, 3.05) is 45.0 Å². The van der Waals surface area contributed by atoms with Crippen LogP contribution in [0.4, 0.5) is 0 Å². The van der Waals surface area contributed by atoms with Crippen molar-refractivity contribution < 1.29 is 22.8 Å². The minimum Gasteiger partial charge on any atom is -0.293 e. The Kier molecular flexibility index (Phi) is 6.40. The zero-order chi connectivity index (χ0) is 19.4. The molecule has 2 saturated heterocycles. The lowest BCUT2D eigenvalue weighted by atomic mass is 10.1. The Bertz CT molecular complexity index is 783. The van der Waals surface area contributed by atoms with E-state index in [0.717, 1.165) is 4.90 Å². The number of piperidine rings is 1. The van der Waals surface area contributed by atoms with Crippen molar-refractivity contribution in [3.8, 4) is 0 Å². The van der Waals surface area contributed by atoms with Gasteiger partial charge in [0.05, 0.1) is 17.2 Å². The van der Waals surface area contributed by atoms with Crippen LogP contribution in [0, 0.1) is 0 Å². The molecule has 0 aromatic carbocycles. The third-order valence-electron chi connectivity index (χ3n) is 4.84. The van der Waals surface area contributed by atoms with Gasteiger partial charge in [-0.1, -0.05) is 6.07 Å². The van der Waals surface area contributed by atoms with Gasteiger partial charge < -0.3 is 0 Å². The average molecular weight is 414 g/mol. The van der Waals surface area contributed by atoms with Gasteiger partial charge in [0, 0.05) is 45.6 Å². The summed E-state index contributed by atoms with van der Waals surface area (Å²) in [5, 5.41) is 1.86. The topological polar surface area (TPSA) is 95.1 Å². The molecule has 1 aromatic heterocycles. The number of hydrogen-bond acceptors (Lipinski definition) is 7. The molecule has 148 valence electrons. The highest BCUT2D eigenvalue weighted by atomic mass is 32.2. The van der Waals surface area contributed by atoms with E-state index >= 15 is 0 Å². The summed E-state index contributed by atoms with van der Waals surface area (Å²) in [4.78, 5) is 39.5. The number of carbonyl (C=O) groups excluding carboxylic acids is 3. The van der Waals surface area contributed by atoms with Gasteiger partial charge in [-0.3, -0.25) is 24.2 Å². The Balaban J connectivity index is 1.48. The first-order valence-corrected chi connectivity index (χ1v) is 11.5. The Morgan fingerprint density at radius 1 is 1.07 bits per heavy atom. The molecule has 1 aromatic rings. The maximum absolute atomic E-state index is 12.6. The standard InChI is InChI=1S/C17H23N3O5S2/c21-14(15-3-2-11-26-15)13-18-6-8-19(9-7-18)27(24,25)12-10-20-16(22)4-1-5-17(20)23/h2-3,11H,1,4-10,12-13H2. The average Bonchev–Trinajstić information content (AvgIpc) is 3.16. The lowest BCUT2D eigenvalue weighted by Crippen LogP contribution is -2.51. The fourth-order valence-electron chi connectivity index (χ4n) is 3.27. The van der Waals surface area contributed by atoms with Crippen LogP contribution in [0.2, 0.25) is 0 Å². The van der Waals surface area contributed by atoms with Crippen LogP contribution in [0.3, 0.4) is 0 Å². The molecule has 0 bridgehead atoms. The summed E-state index contributed by atoms with van der Waals surface area (Å²) in [5.41, 5.74) is 0. The van der Waals surface area contributed by atoms with E-state index in [-0.39, 0.29) is 36.4 Å². The Morgan fingerprint density at radius 3 is 2.33 bits per heavy atom. The number of nitrogens with zero attached hydrogens (tertiary/aromatic N) is 3. The number of sulfonamides is 1. The zero-order valence-corrected chi connectivity index (χ0v) is 16.6. The molecule has 0 unspecified atom stereocenters. The third kappa shape index (κ3) is 5.01. The number of hydrogen-bond donors (Lipinski definition) is 0. The number of amides is 2. The fourth-order valence-corrected chi connectivity index (χ4v) is 5.32. The predicted molar refractivity (Wildman–Crippen MR) is 101 cm³/mol. The Morgan fingerprint density at radius 2 is 1.74 bits per heavy atom. The van der Waals surface area contributed by atoms with Crippen LogP contribution in [0.5, 0.6) is 0 Å². The zero-order valence-electron chi connectivity index (χ0n) is 15.0. The molecule has 0 atom stereocenters. The van der Waals surface area contributed by atoms with Crippen molar-refractivity contribution in [3.05, 3.63) is 22.4 Å². The molecule has 0 N–H and O–H groups in total. The predicted octanol–water partition coefficient (Wildman–Crippen LogP) is 0.417. The highest BCUT2D eigenvalue weighted by Gasteiger charge is 2.31. The van der Waals surface area contributed by atoms with Gasteiger partial charge in [0.15, 0.2) is 5.78 Å². The summed E-state index contributed by atoms with van der Waals surface area (Å²) in [5.74, 6) is -0.793. The number of carbonyl (C=O) groups is 3. The lowest BCUT2D eigenvalue weighted by Gasteiger charge is -2.34.